The van der Waals surface area contributed by atoms with Gasteiger partial charge in [0.2, 0.25) is 5.91 Å². The van der Waals surface area contributed by atoms with Crippen LogP contribution in [0.1, 0.15) is 31.9 Å². The van der Waals surface area contributed by atoms with Gasteiger partial charge in [-0.1, -0.05) is 57.2 Å². The Morgan fingerprint density at radius 2 is 1.81 bits per heavy atom. The molecule has 2 N–H and O–H groups in total. The maximum absolute atomic E-state index is 12.7. The highest BCUT2D eigenvalue weighted by molar-refractivity contribution is 6.00. The normalized spacial score (nSPS) is 13.2. The molecular formula is C22H27N3O2. The van der Waals surface area contributed by atoms with Crippen LogP contribution < -0.4 is 15.5 Å². The van der Waals surface area contributed by atoms with Crippen LogP contribution in [0.2, 0.25) is 0 Å². The highest BCUT2D eigenvalue weighted by Gasteiger charge is 2.32. The molecule has 0 aliphatic carbocycles. The molecule has 0 unspecified atom stereocenters. The number of urea groups is 1. The Bertz CT molecular complexity index is 825. The van der Waals surface area contributed by atoms with Crippen LogP contribution in [0.15, 0.2) is 48.5 Å². The summed E-state index contributed by atoms with van der Waals surface area (Å²) in [6.45, 7) is 7.04. The van der Waals surface area contributed by atoms with Gasteiger partial charge in [-0.05, 0) is 36.1 Å². The van der Waals surface area contributed by atoms with Gasteiger partial charge in [0.25, 0.3) is 0 Å². The van der Waals surface area contributed by atoms with Crippen LogP contribution in [0.3, 0.4) is 0 Å². The lowest BCUT2D eigenvalue weighted by molar-refractivity contribution is -0.125. The molecule has 3 amide bonds. The topological polar surface area (TPSA) is 61.4 Å². The highest BCUT2D eigenvalue weighted by atomic mass is 16.2. The standard InChI is InChI=1S/C22H27N3O2/c1-22(2,3)20(26)25-14-12-17-9-10-18(15-19(17)25)24-21(27)23-13-11-16-7-5-4-6-8-16/h4-10,15H,11-14H2,1-3H3,(H2,23,24,27). The van der Waals surface area contributed by atoms with Crippen LogP contribution in [0, 0.1) is 5.41 Å². The summed E-state index contributed by atoms with van der Waals surface area (Å²) in [7, 11) is 0. The zero-order valence-corrected chi connectivity index (χ0v) is 16.2. The fourth-order valence-electron chi connectivity index (χ4n) is 3.21. The lowest BCUT2D eigenvalue weighted by Gasteiger charge is -2.26. The van der Waals surface area contributed by atoms with Crippen molar-refractivity contribution in [1.82, 2.24) is 5.32 Å². The summed E-state index contributed by atoms with van der Waals surface area (Å²) in [6, 6.07) is 15.6. The maximum Gasteiger partial charge on any atom is 0.319 e. The van der Waals surface area contributed by atoms with Gasteiger partial charge in [-0.15, -0.1) is 0 Å². The molecule has 0 bridgehead atoms. The van der Waals surface area contributed by atoms with E-state index in [0.29, 0.717) is 18.8 Å². The molecule has 2 aromatic carbocycles. The van der Waals surface area contributed by atoms with Gasteiger partial charge in [-0.3, -0.25) is 4.79 Å². The van der Waals surface area contributed by atoms with E-state index < -0.39 is 5.41 Å². The van der Waals surface area contributed by atoms with Gasteiger partial charge in [-0.25, -0.2) is 4.79 Å². The molecule has 142 valence electrons. The smallest absolute Gasteiger partial charge is 0.319 e. The van der Waals surface area contributed by atoms with Crippen LogP contribution in [0.4, 0.5) is 16.2 Å². The summed E-state index contributed by atoms with van der Waals surface area (Å²) in [5.74, 6) is 0.103. The second kappa shape index (κ2) is 7.82. The first-order chi connectivity index (χ1) is 12.8. The molecule has 1 aliphatic rings. The summed E-state index contributed by atoms with van der Waals surface area (Å²) in [5.41, 5.74) is 3.49. The van der Waals surface area contributed by atoms with E-state index >= 15 is 0 Å². The number of rotatable bonds is 4. The molecule has 27 heavy (non-hydrogen) atoms. The monoisotopic (exact) mass is 365 g/mol. The van der Waals surface area contributed by atoms with E-state index in [1.165, 1.54) is 5.56 Å². The van der Waals surface area contributed by atoms with Gasteiger partial charge in [0.05, 0.1) is 0 Å². The average Bonchev–Trinajstić information content (AvgIpc) is 3.04. The highest BCUT2D eigenvalue weighted by Crippen LogP contribution is 2.33. The number of hydrogen-bond acceptors (Lipinski definition) is 2. The molecule has 5 heteroatoms. The average molecular weight is 365 g/mol. The van der Waals surface area contributed by atoms with Crippen LogP contribution in [0.25, 0.3) is 0 Å². The second-order valence-electron chi connectivity index (χ2n) is 7.92. The Balaban J connectivity index is 1.60. The Morgan fingerprint density at radius 3 is 2.52 bits per heavy atom. The number of fused-ring (bicyclic) bond motifs is 1. The first-order valence-electron chi connectivity index (χ1n) is 9.38. The molecule has 0 radical (unpaired) electrons. The second-order valence-corrected chi connectivity index (χ2v) is 7.92. The van der Waals surface area contributed by atoms with Gasteiger partial charge < -0.3 is 15.5 Å². The van der Waals surface area contributed by atoms with E-state index in [1.54, 1.807) is 0 Å². The lowest BCUT2D eigenvalue weighted by Crippen LogP contribution is -2.38. The summed E-state index contributed by atoms with van der Waals surface area (Å²) < 4.78 is 0. The Labute approximate surface area is 160 Å². The largest absolute Gasteiger partial charge is 0.338 e. The van der Waals surface area contributed by atoms with E-state index in [2.05, 4.69) is 10.6 Å². The van der Waals surface area contributed by atoms with Crippen molar-refractivity contribution < 1.29 is 9.59 Å². The van der Waals surface area contributed by atoms with Gasteiger partial charge in [0, 0.05) is 29.9 Å². The molecular weight excluding hydrogens is 338 g/mol. The third-order valence-corrected chi connectivity index (χ3v) is 4.67. The number of carbonyl (C=O) groups is 2. The van der Waals surface area contributed by atoms with Gasteiger partial charge in [-0.2, -0.15) is 0 Å². The zero-order valence-electron chi connectivity index (χ0n) is 16.2. The minimum atomic E-state index is -0.431. The fraction of sp³-hybridized carbons (Fsp3) is 0.364. The van der Waals surface area contributed by atoms with Gasteiger partial charge in [0.15, 0.2) is 0 Å². The minimum absolute atomic E-state index is 0.103. The molecule has 1 aliphatic heterocycles. The van der Waals surface area contributed by atoms with E-state index in [1.807, 2.05) is 74.2 Å². The third-order valence-electron chi connectivity index (χ3n) is 4.67. The quantitative estimate of drug-likeness (QED) is 0.861. The minimum Gasteiger partial charge on any atom is -0.338 e. The summed E-state index contributed by atoms with van der Waals surface area (Å²) >= 11 is 0. The van der Waals surface area contributed by atoms with Crippen molar-refractivity contribution in [2.24, 2.45) is 5.41 Å². The zero-order chi connectivity index (χ0) is 19.4. The van der Waals surface area contributed by atoms with Crippen LogP contribution in [-0.4, -0.2) is 25.0 Å². The van der Waals surface area contributed by atoms with Crippen LogP contribution in [0.5, 0.6) is 0 Å². The van der Waals surface area contributed by atoms with Crippen molar-refractivity contribution >= 4 is 23.3 Å². The molecule has 0 saturated heterocycles. The number of nitrogens with one attached hydrogen (secondary N) is 2. The molecule has 3 rings (SSSR count). The Kier molecular flexibility index (Phi) is 5.49. The lowest BCUT2D eigenvalue weighted by atomic mass is 9.94. The van der Waals surface area contributed by atoms with Gasteiger partial charge in [0.1, 0.15) is 0 Å². The number of carbonyl (C=O) groups excluding carboxylic acids is 2. The van der Waals surface area contributed by atoms with Gasteiger partial charge >= 0.3 is 6.03 Å². The third kappa shape index (κ3) is 4.67. The van der Waals surface area contributed by atoms with Crippen LogP contribution >= 0.6 is 0 Å². The van der Waals surface area contributed by atoms with Crippen molar-refractivity contribution in [1.29, 1.82) is 0 Å². The van der Waals surface area contributed by atoms with E-state index in [-0.39, 0.29) is 11.9 Å². The molecule has 5 nitrogen and oxygen atoms in total. The fourth-order valence-corrected chi connectivity index (χ4v) is 3.21. The summed E-state index contributed by atoms with van der Waals surface area (Å²) in [5, 5.41) is 5.74. The Morgan fingerprint density at radius 1 is 1.07 bits per heavy atom. The predicted molar refractivity (Wildman–Crippen MR) is 109 cm³/mol. The molecule has 0 atom stereocenters. The predicted octanol–water partition coefficient (Wildman–Crippen LogP) is 3.99. The SMILES string of the molecule is CC(C)(C)C(=O)N1CCc2ccc(NC(=O)NCCc3ccccc3)cc21. The number of amides is 3. The molecule has 0 fully saturated rings. The van der Waals surface area contributed by atoms with E-state index in [0.717, 1.165) is 24.1 Å². The number of nitrogens with zero attached hydrogens (tertiary/aromatic N) is 1. The van der Waals surface area contributed by atoms with Crippen LogP contribution in [-0.2, 0) is 17.6 Å². The number of benzene rings is 2. The number of hydrogen-bond donors (Lipinski definition) is 2. The van der Waals surface area contributed by atoms with Crippen molar-refractivity contribution in [3.63, 3.8) is 0 Å². The van der Waals surface area contributed by atoms with Crippen molar-refractivity contribution in [2.75, 3.05) is 23.3 Å². The molecule has 2 aromatic rings. The summed E-state index contributed by atoms with van der Waals surface area (Å²) in [4.78, 5) is 26.7. The van der Waals surface area contributed by atoms with E-state index in [4.69, 9.17) is 0 Å². The Hall–Kier alpha value is -2.82. The summed E-state index contributed by atoms with van der Waals surface area (Å²) in [6.07, 6.45) is 1.63. The molecule has 0 aromatic heterocycles. The van der Waals surface area contributed by atoms with Crippen molar-refractivity contribution in [3.05, 3.63) is 59.7 Å². The maximum atomic E-state index is 12.7. The molecule has 0 saturated carbocycles. The first-order valence-corrected chi connectivity index (χ1v) is 9.38. The molecule has 0 spiro atoms. The van der Waals surface area contributed by atoms with Crippen molar-refractivity contribution in [2.45, 2.75) is 33.6 Å². The molecule has 1 heterocycles. The van der Waals surface area contributed by atoms with Crippen molar-refractivity contribution in [3.8, 4) is 0 Å². The first kappa shape index (κ1) is 19.0. The van der Waals surface area contributed by atoms with E-state index in [9.17, 15) is 9.59 Å². The number of anilines is 2.